The van der Waals surface area contributed by atoms with Crippen molar-refractivity contribution in [3.63, 3.8) is 0 Å². The van der Waals surface area contributed by atoms with E-state index in [4.69, 9.17) is 32.4 Å². The number of fused-ring (bicyclic) bond motifs is 1. The number of hydrazine groups is 1. The van der Waals surface area contributed by atoms with Crippen molar-refractivity contribution in [2.75, 3.05) is 6.61 Å². The van der Waals surface area contributed by atoms with Gasteiger partial charge in [0.25, 0.3) is 5.91 Å². The Balaban J connectivity index is 1.52. The first-order chi connectivity index (χ1) is 13.3. The van der Waals surface area contributed by atoms with E-state index >= 15 is 0 Å². The van der Waals surface area contributed by atoms with E-state index in [0.717, 1.165) is 27.7 Å². The molecular formula is C20H18Cl2N2O4. The fourth-order valence-corrected chi connectivity index (χ4v) is 3.35. The Labute approximate surface area is 171 Å². The van der Waals surface area contributed by atoms with Crippen LogP contribution >= 0.6 is 23.2 Å². The second kappa shape index (κ2) is 8.54. The molecule has 3 aromatic rings. The van der Waals surface area contributed by atoms with Crippen LogP contribution in [0.15, 0.2) is 41.0 Å². The van der Waals surface area contributed by atoms with E-state index in [1.54, 1.807) is 18.4 Å². The van der Waals surface area contributed by atoms with Crippen LogP contribution < -0.4 is 15.6 Å². The third-order valence-electron chi connectivity index (χ3n) is 4.04. The number of furan rings is 1. The molecule has 0 saturated heterocycles. The van der Waals surface area contributed by atoms with Gasteiger partial charge >= 0.3 is 0 Å². The van der Waals surface area contributed by atoms with Gasteiger partial charge in [-0.3, -0.25) is 20.4 Å². The molecule has 0 saturated carbocycles. The standard InChI is InChI=1S/C20H18Cl2N2O4/c1-11-5-12(2)20-13(9-27-17(20)6-11)7-18(25)23-24-19(26)10-28-16-4-3-14(21)8-15(16)22/h3-6,8-9H,7,10H2,1-2H3,(H,23,25)(H,24,26). The summed E-state index contributed by atoms with van der Waals surface area (Å²) < 4.78 is 10.8. The number of hydrogen-bond donors (Lipinski definition) is 2. The second-order valence-corrected chi connectivity index (χ2v) is 7.20. The number of carbonyl (C=O) groups is 2. The average Bonchev–Trinajstić information content (AvgIpc) is 3.02. The molecule has 2 amide bonds. The monoisotopic (exact) mass is 420 g/mol. The number of benzene rings is 2. The quantitative estimate of drug-likeness (QED) is 0.608. The van der Waals surface area contributed by atoms with Crippen molar-refractivity contribution in [2.24, 2.45) is 0 Å². The number of ether oxygens (including phenoxy) is 1. The normalized spacial score (nSPS) is 10.7. The summed E-state index contributed by atoms with van der Waals surface area (Å²) in [5.74, 6) is -0.577. The molecule has 0 aliphatic heterocycles. The van der Waals surface area contributed by atoms with E-state index in [1.807, 2.05) is 26.0 Å². The highest BCUT2D eigenvalue weighted by atomic mass is 35.5. The smallest absolute Gasteiger partial charge is 0.276 e. The largest absolute Gasteiger partial charge is 0.482 e. The lowest BCUT2D eigenvalue weighted by Gasteiger charge is -2.10. The van der Waals surface area contributed by atoms with Gasteiger partial charge in [-0.2, -0.15) is 0 Å². The predicted molar refractivity (Wildman–Crippen MR) is 108 cm³/mol. The van der Waals surface area contributed by atoms with Gasteiger partial charge in [0, 0.05) is 16.0 Å². The van der Waals surface area contributed by atoms with Crippen molar-refractivity contribution in [1.82, 2.24) is 10.9 Å². The Morgan fingerprint density at radius 1 is 1.07 bits per heavy atom. The number of carbonyl (C=O) groups excluding carboxylic acids is 2. The predicted octanol–water partition coefficient (Wildman–Crippen LogP) is 4.13. The molecule has 0 spiro atoms. The molecule has 0 atom stereocenters. The van der Waals surface area contributed by atoms with E-state index in [1.165, 1.54) is 6.07 Å². The summed E-state index contributed by atoms with van der Waals surface area (Å²) in [6.07, 6.45) is 1.63. The van der Waals surface area contributed by atoms with Gasteiger partial charge in [0.15, 0.2) is 6.61 Å². The molecule has 146 valence electrons. The second-order valence-electron chi connectivity index (χ2n) is 6.35. The maximum absolute atomic E-state index is 12.2. The third kappa shape index (κ3) is 4.77. The van der Waals surface area contributed by atoms with Crippen LogP contribution in [-0.4, -0.2) is 18.4 Å². The first-order valence-electron chi connectivity index (χ1n) is 8.46. The minimum atomic E-state index is -0.525. The zero-order valence-corrected chi connectivity index (χ0v) is 16.8. The lowest BCUT2D eigenvalue weighted by atomic mass is 10.0. The molecule has 0 unspecified atom stereocenters. The Kier molecular flexibility index (Phi) is 6.11. The SMILES string of the molecule is Cc1cc(C)c2c(CC(=O)NNC(=O)COc3ccc(Cl)cc3Cl)coc2c1. The molecule has 1 heterocycles. The summed E-state index contributed by atoms with van der Waals surface area (Å²) in [5, 5.41) is 1.67. The number of halogens is 2. The van der Waals surface area contributed by atoms with Crippen LogP contribution in [0.4, 0.5) is 0 Å². The lowest BCUT2D eigenvalue weighted by Crippen LogP contribution is -2.44. The zero-order chi connectivity index (χ0) is 20.3. The molecule has 8 heteroatoms. The van der Waals surface area contributed by atoms with Gasteiger partial charge in [-0.1, -0.05) is 29.3 Å². The topological polar surface area (TPSA) is 80.6 Å². The van der Waals surface area contributed by atoms with Crippen molar-refractivity contribution in [1.29, 1.82) is 0 Å². The molecule has 0 aliphatic rings. The van der Waals surface area contributed by atoms with Crippen molar-refractivity contribution in [3.05, 3.63) is 63.3 Å². The Bertz CT molecular complexity index is 1050. The van der Waals surface area contributed by atoms with E-state index < -0.39 is 5.91 Å². The van der Waals surface area contributed by atoms with Crippen LogP contribution in [0, 0.1) is 13.8 Å². The van der Waals surface area contributed by atoms with Crippen LogP contribution in [-0.2, 0) is 16.0 Å². The fourth-order valence-electron chi connectivity index (χ4n) is 2.88. The molecule has 0 fully saturated rings. The number of amides is 2. The molecule has 0 bridgehead atoms. The third-order valence-corrected chi connectivity index (χ3v) is 4.57. The summed E-state index contributed by atoms with van der Waals surface area (Å²) in [6, 6.07) is 8.62. The Morgan fingerprint density at radius 2 is 1.82 bits per heavy atom. The van der Waals surface area contributed by atoms with Gasteiger partial charge in [-0.05, 0) is 49.2 Å². The lowest BCUT2D eigenvalue weighted by molar-refractivity contribution is -0.129. The van der Waals surface area contributed by atoms with E-state index in [2.05, 4.69) is 10.9 Å². The highest BCUT2D eigenvalue weighted by Crippen LogP contribution is 2.28. The van der Waals surface area contributed by atoms with Crippen LogP contribution in [0.3, 0.4) is 0 Å². The first-order valence-corrected chi connectivity index (χ1v) is 9.22. The minimum Gasteiger partial charge on any atom is -0.482 e. The summed E-state index contributed by atoms with van der Waals surface area (Å²) in [7, 11) is 0. The highest BCUT2D eigenvalue weighted by Gasteiger charge is 2.14. The van der Waals surface area contributed by atoms with E-state index in [-0.39, 0.29) is 18.9 Å². The van der Waals surface area contributed by atoms with Gasteiger partial charge in [-0.15, -0.1) is 0 Å². The maximum atomic E-state index is 12.2. The molecule has 28 heavy (non-hydrogen) atoms. The highest BCUT2D eigenvalue weighted by molar-refractivity contribution is 6.35. The molecule has 3 rings (SSSR count). The number of aryl methyl sites for hydroxylation is 2. The van der Waals surface area contributed by atoms with Gasteiger partial charge in [-0.25, -0.2) is 0 Å². The van der Waals surface area contributed by atoms with Crippen LogP contribution in [0.2, 0.25) is 10.0 Å². The molecule has 1 aromatic heterocycles. The van der Waals surface area contributed by atoms with Gasteiger partial charge in [0.2, 0.25) is 5.91 Å². The van der Waals surface area contributed by atoms with Crippen LogP contribution in [0.1, 0.15) is 16.7 Å². The first kappa shape index (κ1) is 20.0. The van der Waals surface area contributed by atoms with Crippen molar-refractivity contribution >= 4 is 46.0 Å². The molecule has 2 aromatic carbocycles. The van der Waals surface area contributed by atoms with Gasteiger partial charge in [0.05, 0.1) is 17.7 Å². The minimum absolute atomic E-state index is 0.0705. The Hall–Kier alpha value is -2.70. The van der Waals surface area contributed by atoms with E-state index in [0.29, 0.717) is 15.8 Å². The van der Waals surface area contributed by atoms with Gasteiger partial charge < -0.3 is 9.15 Å². The van der Waals surface area contributed by atoms with Crippen LogP contribution in [0.25, 0.3) is 11.0 Å². The Morgan fingerprint density at radius 3 is 2.57 bits per heavy atom. The van der Waals surface area contributed by atoms with E-state index in [9.17, 15) is 9.59 Å². The number of nitrogens with one attached hydrogen (secondary N) is 2. The molecular weight excluding hydrogens is 403 g/mol. The van der Waals surface area contributed by atoms with Crippen molar-refractivity contribution in [3.8, 4) is 5.75 Å². The zero-order valence-electron chi connectivity index (χ0n) is 15.3. The molecule has 0 radical (unpaired) electrons. The molecule has 0 aliphatic carbocycles. The average molecular weight is 421 g/mol. The van der Waals surface area contributed by atoms with Crippen molar-refractivity contribution in [2.45, 2.75) is 20.3 Å². The number of rotatable bonds is 5. The molecule has 2 N–H and O–H groups in total. The summed E-state index contributed by atoms with van der Waals surface area (Å²) >= 11 is 11.8. The summed E-state index contributed by atoms with van der Waals surface area (Å²) in [4.78, 5) is 24.0. The molecule has 6 nitrogen and oxygen atoms in total. The van der Waals surface area contributed by atoms with Gasteiger partial charge in [0.1, 0.15) is 11.3 Å². The summed E-state index contributed by atoms with van der Waals surface area (Å²) in [6.45, 7) is 3.64. The maximum Gasteiger partial charge on any atom is 0.276 e. The summed E-state index contributed by atoms with van der Waals surface area (Å²) in [5.41, 5.74) is 8.27. The number of hydrogen-bond acceptors (Lipinski definition) is 4. The van der Waals surface area contributed by atoms with Crippen LogP contribution in [0.5, 0.6) is 5.75 Å². The fraction of sp³-hybridized carbons (Fsp3) is 0.200. The van der Waals surface area contributed by atoms with Crippen molar-refractivity contribution < 1.29 is 18.7 Å².